The summed E-state index contributed by atoms with van der Waals surface area (Å²) in [5, 5.41) is 10.9. The van der Waals surface area contributed by atoms with Crippen molar-refractivity contribution in [1.29, 1.82) is 0 Å². The zero-order valence-corrected chi connectivity index (χ0v) is 12.5. The molecule has 0 aliphatic rings. The summed E-state index contributed by atoms with van der Waals surface area (Å²) in [5.74, 6) is 0. The molecule has 0 amide bonds. The lowest BCUT2D eigenvalue weighted by molar-refractivity contribution is 0.218. The van der Waals surface area contributed by atoms with Crippen molar-refractivity contribution in [3.63, 3.8) is 0 Å². The van der Waals surface area contributed by atoms with Crippen molar-refractivity contribution in [2.24, 2.45) is 0 Å². The number of aliphatic hydroxyl groups is 1. The molecular formula is C12H13BrN2O2S. The first-order valence-electron chi connectivity index (χ1n) is 5.52. The average Bonchev–Trinajstić information content (AvgIpc) is 2.70. The Labute approximate surface area is 118 Å². The second-order valence-electron chi connectivity index (χ2n) is 3.65. The second kappa shape index (κ2) is 5.77. The number of hydrogen-bond donors (Lipinski definition) is 1. The molecular weight excluding hydrogens is 316 g/mol. The van der Waals surface area contributed by atoms with E-state index in [0.29, 0.717) is 22.1 Å². The number of aliphatic hydroxyl groups excluding tert-OH is 1. The molecule has 6 heteroatoms. The van der Waals surface area contributed by atoms with Crippen LogP contribution < -0.4 is 4.74 Å². The molecule has 2 rings (SSSR count). The van der Waals surface area contributed by atoms with Crippen LogP contribution in [0.25, 0.3) is 0 Å². The standard InChI is InChI=1S/C12H13BrN2O2S/c1-3-17-12-14-7(2)11(18-12)10(16)8-5-4-6-9(13)15-8/h4-6,10,16H,3H2,1-2H3. The summed E-state index contributed by atoms with van der Waals surface area (Å²) >= 11 is 4.65. The minimum absolute atomic E-state index is 0.567. The van der Waals surface area contributed by atoms with Gasteiger partial charge in [-0.15, -0.1) is 0 Å². The molecule has 2 aromatic heterocycles. The van der Waals surface area contributed by atoms with Crippen LogP contribution in [-0.4, -0.2) is 21.7 Å². The Kier molecular flexibility index (Phi) is 4.31. The summed E-state index contributed by atoms with van der Waals surface area (Å²) in [6, 6.07) is 5.45. The van der Waals surface area contributed by atoms with E-state index in [4.69, 9.17) is 4.74 Å². The number of aromatic nitrogens is 2. The molecule has 1 unspecified atom stereocenters. The van der Waals surface area contributed by atoms with Gasteiger partial charge in [0, 0.05) is 0 Å². The van der Waals surface area contributed by atoms with Crippen LogP contribution in [0.1, 0.15) is 29.3 Å². The van der Waals surface area contributed by atoms with E-state index in [9.17, 15) is 5.11 Å². The van der Waals surface area contributed by atoms with Crippen LogP contribution in [0, 0.1) is 6.92 Å². The molecule has 0 saturated heterocycles. The number of halogens is 1. The number of nitrogens with zero attached hydrogens (tertiary/aromatic N) is 2. The fourth-order valence-electron chi connectivity index (χ4n) is 1.53. The molecule has 0 aliphatic heterocycles. The minimum Gasteiger partial charge on any atom is -0.470 e. The van der Waals surface area contributed by atoms with E-state index in [0.717, 1.165) is 10.6 Å². The Morgan fingerprint density at radius 1 is 1.44 bits per heavy atom. The predicted molar refractivity (Wildman–Crippen MR) is 74.0 cm³/mol. The summed E-state index contributed by atoms with van der Waals surface area (Å²) < 4.78 is 6.04. The van der Waals surface area contributed by atoms with E-state index in [1.165, 1.54) is 11.3 Å². The quantitative estimate of drug-likeness (QED) is 0.876. The van der Waals surface area contributed by atoms with Crippen molar-refractivity contribution < 1.29 is 9.84 Å². The van der Waals surface area contributed by atoms with Crippen LogP contribution in [0.5, 0.6) is 5.19 Å². The van der Waals surface area contributed by atoms with Crippen molar-refractivity contribution in [2.45, 2.75) is 20.0 Å². The van der Waals surface area contributed by atoms with E-state index < -0.39 is 6.10 Å². The van der Waals surface area contributed by atoms with Crippen molar-refractivity contribution >= 4 is 27.3 Å². The van der Waals surface area contributed by atoms with Crippen molar-refractivity contribution in [1.82, 2.24) is 9.97 Å². The second-order valence-corrected chi connectivity index (χ2v) is 5.46. The largest absolute Gasteiger partial charge is 0.470 e. The fourth-order valence-corrected chi connectivity index (χ4v) is 2.86. The highest BCUT2D eigenvalue weighted by Gasteiger charge is 2.19. The topological polar surface area (TPSA) is 55.2 Å². The number of aryl methyl sites for hydroxylation is 1. The Bertz CT molecular complexity index is 545. The monoisotopic (exact) mass is 328 g/mol. The van der Waals surface area contributed by atoms with E-state index in [1.54, 1.807) is 6.07 Å². The van der Waals surface area contributed by atoms with Crippen molar-refractivity contribution in [2.75, 3.05) is 6.61 Å². The van der Waals surface area contributed by atoms with Gasteiger partial charge < -0.3 is 9.84 Å². The SMILES string of the molecule is CCOc1nc(C)c(C(O)c2cccc(Br)n2)s1. The van der Waals surface area contributed by atoms with Crippen LogP contribution in [0.15, 0.2) is 22.8 Å². The lowest BCUT2D eigenvalue weighted by Gasteiger charge is -2.08. The average molecular weight is 329 g/mol. The third-order valence-corrected chi connectivity index (χ3v) is 3.91. The van der Waals surface area contributed by atoms with Gasteiger partial charge in [-0.3, -0.25) is 0 Å². The van der Waals surface area contributed by atoms with Gasteiger partial charge >= 0.3 is 0 Å². The first-order chi connectivity index (χ1) is 8.61. The van der Waals surface area contributed by atoms with Gasteiger partial charge in [0.15, 0.2) is 0 Å². The van der Waals surface area contributed by atoms with Gasteiger partial charge in [-0.05, 0) is 41.9 Å². The number of thiazole rings is 1. The van der Waals surface area contributed by atoms with Crippen molar-refractivity contribution in [3.05, 3.63) is 39.1 Å². The van der Waals surface area contributed by atoms with Gasteiger partial charge in [-0.25, -0.2) is 9.97 Å². The zero-order chi connectivity index (χ0) is 13.1. The van der Waals surface area contributed by atoms with Gasteiger partial charge in [0.05, 0.1) is 22.9 Å². The molecule has 0 radical (unpaired) electrons. The molecule has 0 spiro atoms. The normalized spacial score (nSPS) is 12.4. The van der Waals surface area contributed by atoms with Crippen LogP contribution in [0.3, 0.4) is 0 Å². The lowest BCUT2D eigenvalue weighted by atomic mass is 10.2. The number of rotatable bonds is 4. The molecule has 2 aromatic rings. The summed E-state index contributed by atoms with van der Waals surface area (Å²) in [5.41, 5.74) is 1.37. The zero-order valence-electron chi connectivity index (χ0n) is 10.1. The molecule has 4 nitrogen and oxygen atoms in total. The Morgan fingerprint density at radius 2 is 2.22 bits per heavy atom. The van der Waals surface area contributed by atoms with E-state index in [-0.39, 0.29) is 0 Å². The molecule has 18 heavy (non-hydrogen) atoms. The molecule has 1 N–H and O–H groups in total. The van der Waals surface area contributed by atoms with Gasteiger partial charge in [-0.2, -0.15) is 0 Å². The van der Waals surface area contributed by atoms with E-state index in [2.05, 4.69) is 25.9 Å². The number of ether oxygens (including phenoxy) is 1. The first-order valence-corrected chi connectivity index (χ1v) is 7.13. The highest BCUT2D eigenvalue weighted by molar-refractivity contribution is 9.10. The van der Waals surface area contributed by atoms with Crippen LogP contribution in [0.4, 0.5) is 0 Å². The maximum Gasteiger partial charge on any atom is 0.273 e. The predicted octanol–water partition coefficient (Wildman–Crippen LogP) is 3.09. The molecule has 0 saturated carbocycles. The Hall–Kier alpha value is -0.980. The Balaban J connectivity index is 2.30. The molecule has 1 atom stereocenters. The third kappa shape index (κ3) is 2.88. The van der Waals surface area contributed by atoms with Gasteiger partial charge in [0.1, 0.15) is 10.7 Å². The highest BCUT2D eigenvalue weighted by Crippen LogP contribution is 2.33. The van der Waals surface area contributed by atoms with Crippen molar-refractivity contribution in [3.8, 4) is 5.19 Å². The fraction of sp³-hybridized carbons (Fsp3) is 0.333. The van der Waals surface area contributed by atoms with Gasteiger partial charge in [0.25, 0.3) is 5.19 Å². The molecule has 96 valence electrons. The maximum atomic E-state index is 10.3. The maximum absolute atomic E-state index is 10.3. The first kappa shape index (κ1) is 13.5. The van der Waals surface area contributed by atoms with E-state index >= 15 is 0 Å². The summed E-state index contributed by atoms with van der Waals surface area (Å²) in [6.45, 7) is 4.33. The highest BCUT2D eigenvalue weighted by atomic mass is 79.9. The molecule has 0 aliphatic carbocycles. The number of hydrogen-bond acceptors (Lipinski definition) is 5. The smallest absolute Gasteiger partial charge is 0.273 e. The summed E-state index contributed by atoms with van der Waals surface area (Å²) in [6.07, 6.45) is -0.769. The lowest BCUT2D eigenvalue weighted by Crippen LogP contribution is -2.01. The van der Waals surface area contributed by atoms with E-state index in [1.807, 2.05) is 26.0 Å². The minimum atomic E-state index is -0.769. The summed E-state index contributed by atoms with van der Waals surface area (Å²) in [4.78, 5) is 9.28. The molecule has 2 heterocycles. The van der Waals surface area contributed by atoms with Crippen LogP contribution in [0.2, 0.25) is 0 Å². The van der Waals surface area contributed by atoms with Gasteiger partial charge in [0.2, 0.25) is 0 Å². The van der Waals surface area contributed by atoms with Crippen LogP contribution in [-0.2, 0) is 0 Å². The number of pyridine rings is 1. The Morgan fingerprint density at radius 3 is 2.89 bits per heavy atom. The molecule has 0 bridgehead atoms. The summed E-state index contributed by atoms with van der Waals surface area (Å²) in [7, 11) is 0. The van der Waals surface area contributed by atoms with Crippen LogP contribution >= 0.6 is 27.3 Å². The molecule has 0 aromatic carbocycles. The van der Waals surface area contributed by atoms with Gasteiger partial charge in [-0.1, -0.05) is 17.4 Å². The molecule has 0 fully saturated rings. The third-order valence-electron chi connectivity index (χ3n) is 2.35.